The van der Waals surface area contributed by atoms with Crippen molar-refractivity contribution in [3.05, 3.63) is 72.9 Å². The molecule has 0 saturated carbocycles. The highest BCUT2D eigenvalue weighted by molar-refractivity contribution is 6.00. The van der Waals surface area contributed by atoms with Crippen LogP contribution >= 0.6 is 0 Å². The van der Waals surface area contributed by atoms with Crippen molar-refractivity contribution in [2.45, 2.75) is 19.9 Å². The molecule has 0 bridgehead atoms. The number of nitrogen functional groups attached to an aromatic ring is 1. The van der Waals surface area contributed by atoms with Crippen molar-refractivity contribution < 1.29 is 4.42 Å². The van der Waals surface area contributed by atoms with Gasteiger partial charge < -0.3 is 20.0 Å². The average molecular weight is 425 g/mol. The van der Waals surface area contributed by atoms with Crippen LogP contribution in [0, 0.1) is 6.92 Å². The quantitative estimate of drug-likeness (QED) is 0.369. The molecule has 0 unspecified atom stereocenters. The second kappa shape index (κ2) is 8.50. The Bertz CT molecular complexity index is 1340. The summed E-state index contributed by atoms with van der Waals surface area (Å²) < 4.78 is 7.57. The molecule has 8 nitrogen and oxygen atoms in total. The Kier molecular flexibility index (Phi) is 5.25. The van der Waals surface area contributed by atoms with Gasteiger partial charge in [0.1, 0.15) is 0 Å². The maximum absolute atomic E-state index is 5.68. The predicted octanol–water partition coefficient (Wildman–Crippen LogP) is 4.54. The largest absolute Gasteiger partial charge is 0.403 e. The molecule has 0 saturated heterocycles. The summed E-state index contributed by atoms with van der Waals surface area (Å²) in [6, 6.07) is 14.8. The normalized spacial score (nSPS) is 11.2. The lowest BCUT2D eigenvalue weighted by molar-refractivity contribution is 0.590. The van der Waals surface area contributed by atoms with Crippen molar-refractivity contribution in [1.29, 1.82) is 0 Å². The molecule has 2 aromatic carbocycles. The number of hydrogen-bond donors (Lipinski definition) is 2. The number of pyridine rings is 1. The molecule has 0 fully saturated rings. The van der Waals surface area contributed by atoms with E-state index in [4.69, 9.17) is 10.2 Å². The van der Waals surface area contributed by atoms with E-state index in [9.17, 15) is 0 Å². The molecule has 5 rings (SSSR count). The number of benzene rings is 2. The fourth-order valence-corrected chi connectivity index (χ4v) is 3.71. The summed E-state index contributed by atoms with van der Waals surface area (Å²) in [6.07, 6.45) is 8.24. The van der Waals surface area contributed by atoms with Crippen LogP contribution in [0.4, 0.5) is 11.7 Å². The fourth-order valence-electron chi connectivity index (χ4n) is 3.71. The number of nitrogens with zero attached hydrogens (tertiary/aromatic N) is 5. The number of nitrogens with two attached hydrogens (primary N) is 1. The monoisotopic (exact) mass is 425 g/mol. The van der Waals surface area contributed by atoms with Crippen LogP contribution in [0.2, 0.25) is 0 Å². The Morgan fingerprint density at radius 3 is 2.66 bits per heavy atom. The summed E-state index contributed by atoms with van der Waals surface area (Å²) in [5.74, 6) is 0.342. The molecule has 8 heteroatoms. The van der Waals surface area contributed by atoms with Crippen LogP contribution in [0.15, 0.2) is 71.8 Å². The number of nitrogens with one attached hydrogen (secondary N) is 1. The second-order valence-corrected chi connectivity index (χ2v) is 7.67. The first-order chi connectivity index (χ1) is 15.7. The molecule has 5 aromatic rings. The summed E-state index contributed by atoms with van der Waals surface area (Å²) in [5, 5.41) is 12.4. The van der Waals surface area contributed by atoms with Gasteiger partial charge >= 0.3 is 6.01 Å². The molecule has 0 aliphatic heterocycles. The van der Waals surface area contributed by atoms with Gasteiger partial charge in [-0.05, 0) is 36.6 Å². The van der Waals surface area contributed by atoms with Gasteiger partial charge in [-0.3, -0.25) is 4.98 Å². The molecule has 0 spiro atoms. The van der Waals surface area contributed by atoms with Crippen molar-refractivity contribution >= 4 is 22.6 Å². The molecular formula is C24H23N7O. The minimum atomic E-state index is 0.0274. The third kappa shape index (κ3) is 4.02. The van der Waals surface area contributed by atoms with Crippen LogP contribution in [0.3, 0.4) is 0 Å². The lowest BCUT2D eigenvalue weighted by Gasteiger charge is -2.14. The number of aromatic nitrogens is 5. The Balaban J connectivity index is 1.53. The van der Waals surface area contributed by atoms with Crippen LogP contribution in [0.5, 0.6) is 0 Å². The molecule has 3 N–H and O–H groups in total. The van der Waals surface area contributed by atoms with E-state index in [1.165, 1.54) is 5.56 Å². The Labute approximate surface area is 185 Å². The molecular weight excluding hydrogens is 402 g/mol. The van der Waals surface area contributed by atoms with Gasteiger partial charge in [0.15, 0.2) is 0 Å². The Hall–Kier alpha value is -4.20. The van der Waals surface area contributed by atoms with Crippen LogP contribution in [0.1, 0.15) is 12.0 Å². The third-order valence-corrected chi connectivity index (χ3v) is 5.38. The first-order valence-corrected chi connectivity index (χ1v) is 10.5. The minimum Gasteiger partial charge on any atom is -0.403 e. The fraction of sp³-hybridized carbons (Fsp3) is 0.167. The highest BCUT2D eigenvalue weighted by atomic mass is 16.4. The maximum atomic E-state index is 5.68. The van der Waals surface area contributed by atoms with Gasteiger partial charge in [0.25, 0.3) is 5.89 Å². The van der Waals surface area contributed by atoms with Crippen molar-refractivity contribution in [3.8, 4) is 22.6 Å². The first-order valence-electron chi connectivity index (χ1n) is 10.5. The van der Waals surface area contributed by atoms with Gasteiger partial charge in [-0.1, -0.05) is 41.0 Å². The van der Waals surface area contributed by atoms with E-state index in [0.717, 1.165) is 52.8 Å². The smallest absolute Gasteiger partial charge is 0.313 e. The number of hydrogen-bond acceptors (Lipinski definition) is 7. The summed E-state index contributed by atoms with van der Waals surface area (Å²) in [4.78, 5) is 8.72. The molecule has 0 atom stereocenters. The van der Waals surface area contributed by atoms with Crippen LogP contribution in [0.25, 0.3) is 33.5 Å². The number of anilines is 2. The molecule has 32 heavy (non-hydrogen) atoms. The summed E-state index contributed by atoms with van der Waals surface area (Å²) in [6.45, 7) is 3.71. The number of fused-ring (bicyclic) bond motifs is 1. The molecule has 0 amide bonds. The van der Waals surface area contributed by atoms with Gasteiger partial charge in [-0.15, -0.1) is 5.10 Å². The maximum Gasteiger partial charge on any atom is 0.313 e. The average Bonchev–Trinajstić information content (AvgIpc) is 3.48. The summed E-state index contributed by atoms with van der Waals surface area (Å²) in [5.41, 5.74) is 11.7. The Morgan fingerprint density at radius 1 is 1.06 bits per heavy atom. The first kappa shape index (κ1) is 19.7. The van der Waals surface area contributed by atoms with E-state index >= 15 is 0 Å². The summed E-state index contributed by atoms with van der Waals surface area (Å²) >= 11 is 0. The number of imidazole rings is 1. The van der Waals surface area contributed by atoms with Crippen molar-refractivity contribution in [3.63, 3.8) is 0 Å². The zero-order valence-corrected chi connectivity index (χ0v) is 17.7. The predicted molar refractivity (Wildman–Crippen MR) is 125 cm³/mol. The van der Waals surface area contributed by atoms with E-state index < -0.39 is 0 Å². The molecule has 0 aliphatic rings. The lowest BCUT2D eigenvalue weighted by atomic mass is 10.0. The van der Waals surface area contributed by atoms with Gasteiger partial charge in [0.2, 0.25) is 0 Å². The zero-order valence-electron chi connectivity index (χ0n) is 17.7. The van der Waals surface area contributed by atoms with E-state index in [-0.39, 0.29) is 6.01 Å². The topological polar surface area (TPSA) is 108 Å². The molecule has 160 valence electrons. The van der Waals surface area contributed by atoms with Gasteiger partial charge in [0.05, 0.1) is 23.1 Å². The standard InChI is InChI=1S/C24H23N7O/c1-16-3-5-17(6-4-16)18-7-8-21-19(13-18)22(27-9-2-11-31-12-10-26-15-31)20(14-28-21)23-29-30-24(25)32-23/h3-8,10,12-15H,2,9,11H2,1H3,(H2,25,30)(H,27,28). The minimum absolute atomic E-state index is 0.0274. The van der Waals surface area contributed by atoms with Crippen molar-refractivity contribution in [2.24, 2.45) is 0 Å². The molecule has 0 radical (unpaired) electrons. The van der Waals surface area contributed by atoms with E-state index in [1.807, 2.05) is 18.6 Å². The molecule has 0 aliphatic carbocycles. The van der Waals surface area contributed by atoms with Crippen LogP contribution < -0.4 is 11.1 Å². The van der Waals surface area contributed by atoms with E-state index in [0.29, 0.717) is 5.89 Å². The van der Waals surface area contributed by atoms with Gasteiger partial charge in [0, 0.05) is 37.1 Å². The summed E-state index contributed by atoms with van der Waals surface area (Å²) in [7, 11) is 0. The highest BCUT2D eigenvalue weighted by Crippen LogP contribution is 2.35. The molecule has 3 aromatic heterocycles. The van der Waals surface area contributed by atoms with E-state index in [1.54, 1.807) is 12.4 Å². The number of aryl methyl sites for hydroxylation is 2. The third-order valence-electron chi connectivity index (χ3n) is 5.38. The van der Waals surface area contributed by atoms with E-state index in [2.05, 4.69) is 73.4 Å². The zero-order chi connectivity index (χ0) is 21.9. The van der Waals surface area contributed by atoms with Crippen LogP contribution in [-0.2, 0) is 6.54 Å². The van der Waals surface area contributed by atoms with Gasteiger partial charge in [-0.2, -0.15) is 0 Å². The van der Waals surface area contributed by atoms with Gasteiger partial charge in [-0.25, -0.2) is 4.98 Å². The highest BCUT2D eigenvalue weighted by Gasteiger charge is 2.16. The second-order valence-electron chi connectivity index (χ2n) is 7.67. The molecule has 3 heterocycles. The van der Waals surface area contributed by atoms with Crippen LogP contribution in [-0.4, -0.2) is 31.3 Å². The lowest BCUT2D eigenvalue weighted by Crippen LogP contribution is -2.07. The SMILES string of the molecule is Cc1ccc(-c2ccc3ncc(-c4nnc(N)o4)c(NCCCn4ccnc4)c3c2)cc1. The van der Waals surface area contributed by atoms with Crippen molar-refractivity contribution in [2.75, 3.05) is 17.6 Å². The Morgan fingerprint density at radius 2 is 1.91 bits per heavy atom. The number of rotatable bonds is 7. The van der Waals surface area contributed by atoms with Crippen molar-refractivity contribution in [1.82, 2.24) is 24.7 Å².